The maximum absolute atomic E-state index is 12.2. The molecule has 4 aromatic rings. The highest BCUT2D eigenvalue weighted by Gasteiger charge is 2.12. The molecule has 10 heteroatoms. The average molecular weight is 459 g/mol. The van der Waals surface area contributed by atoms with E-state index in [0.29, 0.717) is 28.4 Å². The lowest BCUT2D eigenvalue weighted by Crippen LogP contribution is -2.33. The quantitative estimate of drug-likeness (QED) is 0.192. The van der Waals surface area contributed by atoms with Crippen LogP contribution in [0.2, 0.25) is 0 Å². The number of amides is 1. The molecule has 0 spiro atoms. The van der Waals surface area contributed by atoms with E-state index in [1.807, 2.05) is 25.1 Å². The number of nitro benzene ring substituents is 1. The fraction of sp³-hybridized carbons (Fsp3) is 0.0435. The van der Waals surface area contributed by atoms with Crippen LogP contribution in [-0.2, 0) is 4.79 Å². The summed E-state index contributed by atoms with van der Waals surface area (Å²) in [6.07, 6.45) is 4.37. The zero-order valence-electron chi connectivity index (χ0n) is 17.3. The SMILES string of the molecule is Cc1ccc(-c2nc3ncccc3o2)cc1NC(=S)NC(=O)/C=C/c1cccc([N+](=O)[O-])c1. The summed E-state index contributed by atoms with van der Waals surface area (Å²) in [6, 6.07) is 15.1. The Bertz CT molecular complexity index is 1380. The minimum Gasteiger partial charge on any atom is -0.434 e. The van der Waals surface area contributed by atoms with Gasteiger partial charge in [-0.15, -0.1) is 0 Å². The van der Waals surface area contributed by atoms with Crippen molar-refractivity contribution in [3.8, 4) is 11.5 Å². The Kier molecular flexibility index (Phi) is 6.18. The molecule has 0 saturated carbocycles. The van der Waals surface area contributed by atoms with Crippen LogP contribution >= 0.6 is 12.2 Å². The molecule has 0 unspecified atom stereocenters. The first kappa shape index (κ1) is 21.8. The Labute approximate surface area is 193 Å². The molecule has 0 aliphatic rings. The Hall–Kier alpha value is -4.44. The first-order chi connectivity index (χ1) is 15.9. The number of anilines is 1. The zero-order chi connectivity index (χ0) is 23.4. The number of carbonyl (C=O) groups is 1. The summed E-state index contributed by atoms with van der Waals surface area (Å²) in [6.45, 7) is 1.90. The predicted molar refractivity (Wildman–Crippen MR) is 128 cm³/mol. The third kappa shape index (κ3) is 5.25. The van der Waals surface area contributed by atoms with Crippen LogP contribution in [0.25, 0.3) is 28.8 Å². The number of hydrogen-bond donors (Lipinski definition) is 2. The van der Waals surface area contributed by atoms with Gasteiger partial charge in [-0.1, -0.05) is 18.2 Å². The molecule has 2 heterocycles. The Morgan fingerprint density at radius 3 is 2.82 bits per heavy atom. The largest absolute Gasteiger partial charge is 0.434 e. The molecule has 1 amide bonds. The topological polar surface area (TPSA) is 123 Å². The van der Waals surface area contributed by atoms with Crippen LogP contribution in [0.1, 0.15) is 11.1 Å². The molecular weight excluding hydrogens is 442 g/mol. The molecule has 0 fully saturated rings. The van der Waals surface area contributed by atoms with Gasteiger partial charge in [-0.25, -0.2) is 4.98 Å². The summed E-state index contributed by atoms with van der Waals surface area (Å²) in [7, 11) is 0. The highest BCUT2D eigenvalue weighted by Crippen LogP contribution is 2.27. The molecule has 0 aliphatic heterocycles. The molecule has 0 bridgehead atoms. The molecule has 164 valence electrons. The van der Waals surface area contributed by atoms with E-state index in [-0.39, 0.29) is 10.8 Å². The van der Waals surface area contributed by atoms with Crippen LogP contribution in [0.3, 0.4) is 0 Å². The molecular formula is C23H17N5O4S. The number of aromatic nitrogens is 2. The number of carbonyl (C=O) groups excluding carboxylic acids is 1. The maximum Gasteiger partial charge on any atom is 0.270 e. The van der Waals surface area contributed by atoms with Crippen molar-refractivity contribution in [2.45, 2.75) is 6.92 Å². The fourth-order valence-corrected chi connectivity index (χ4v) is 3.21. The highest BCUT2D eigenvalue weighted by atomic mass is 32.1. The van der Waals surface area contributed by atoms with E-state index >= 15 is 0 Å². The monoisotopic (exact) mass is 459 g/mol. The number of nitrogens with zero attached hydrogens (tertiary/aromatic N) is 3. The van der Waals surface area contributed by atoms with Crippen LogP contribution in [0.4, 0.5) is 11.4 Å². The number of fused-ring (bicyclic) bond motifs is 1. The number of aryl methyl sites for hydroxylation is 1. The van der Waals surface area contributed by atoms with Gasteiger partial charge in [0.05, 0.1) is 4.92 Å². The molecule has 2 aromatic heterocycles. The van der Waals surface area contributed by atoms with Gasteiger partial charge in [0.1, 0.15) is 0 Å². The van der Waals surface area contributed by atoms with Gasteiger partial charge in [0, 0.05) is 35.7 Å². The molecule has 0 saturated heterocycles. The summed E-state index contributed by atoms with van der Waals surface area (Å²) in [5, 5.41) is 16.5. The highest BCUT2D eigenvalue weighted by molar-refractivity contribution is 7.80. The van der Waals surface area contributed by atoms with Gasteiger partial charge >= 0.3 is 0 Å². The molecule has 2 aromatic carbocycles. The van der Waals surface area contributed by atoms with E-state index in [2.05, 4.69) is 20.6 Å². The first-order valence-corrected chi connectivity index (χ1v) is 10.2. The Morgan fingerprint density at radius 1 is 1.18 bits per heavy atom. The van der Waals surface area contributed by atoms with E-state index in [1.54, 1.807) is 30.5 Å². The Morgan fingerprint density at radius 2 is 2.03 bits per heavy atom. The van der Waals surface area contributed by atoms with E-state index in [4.69, 9.17) is 16.6 Å². The van der Waals surface area contributed by atoms with Gasteiger partial charge < -0.3 is 9.73 Å². The van der Waals surface area contributed by atoms with Gasteiger partial charge in [-0.3, -0.25) is 20.2 Å². The maximum atomic E-state index is 12.2. The molecule has 33 heavy (non-hydrogen) atoms. The second-order valence-corrected chi connectivity index (χ2v) is 7.41. The third-order valence-electron chi connectivity index (χ3n) is 4.64. The number of nitro groups is 1. The summed E-state index contributed by atoms with van der Waals surface area (Å²) >= 11 is 5.25. The lowest BCUT2D eigenvalue weighted by molar-refractivity contribution is -0.384. The Balaban J connectivity index is 1.43. The number of thiocarbonyl (C=S) groups is 1. The van der Waals surface area contributed by atoms with Gasteiger partial charge in [0.2, 0.25) is 11.8 Å². The smallest absolute Gasteiger partial charge is 0.270 e. The van der Waals surface area contributed by atoms with Crippen LogP contribution in [0.15, 0.2) is 71.3 Å². The molecule has 0 radical (unpaired) electrons. The number of hydrogen-bond acceptors (Lipinski definition) is 7. The summed E-state index contributed by atoms with van der Waals surface area (Å²) in [4.78, 5) is 31.1. The van der Waals surface area contributed by atoms with E-state index < -0.39 is 10.8 Å². The summed E-state index contributed by atoms with van der Waals surface area (Å²) in [5.41, 5.74) is 3.87. The normalized spacial score (nSPS) is 10.9. The van der Waals surface area contributed by atoms with Crippen LogP contribution in [-0.4, -0.2) is 25.9 Å². The lowest BCUT2D eigenvalue weighted by Gasteiger charge is -2.11. The second-order valence-electron chi connectivity index (χ2n) is 7.00. The van der Waals surface area contributed by atoms with Gasteiger partial charge in [-0.05, 0) is 60.6 Å². The number of oxazole rings is 1. The molecule has 4 rings (SSSR count). The van der Waals surface area contributed by atoms with Crippen LogP contribution in [0.5, 0.6) is 0 Å². The molecule has 0 aliphatic carbocycles. The first-order valence-electron chi connectivity index (χ1n) is 9.76. The predicted octanol–water partition coefficient (Wildman–Crippen LogP) is 4.63. The minimum absolute atomic E-state index is 0.0557. The number of pyridine rings is 1. The lowest BCUT2D eigenvalue weighted by atomic mass is 10.1. The van der Waals surface area contributed by atoms with Gasteiger partial charge in [0.15, 0.2) is 16.3 Å². The van der Waals surface area contributed by atoms with Crippen molar-refractivity contribution in [3.63, 3.8) is 0 Å². The van der Waals surface area contributed by atoms with Crippen molar-refractivity contribution in [2.75, 3.05) is 5.32 Å². The molecule has 2 N–H and O–H groups in total. The van der Waals surface area contributed by atoms with E-state index in [9.17, 15) is 14.9 Å². The minimum atomic E-state index is -0.496. The number of non-ortho nitro benzene ring substituents is 1. The molecule has 0 atom stereocenters. The third-order valence-corrected chi connectivity index (χ3v) is 4.85. The average Bonchev–Trinajstić information content (AvgIpc) is 3.23. The number of benzene rings is 2. The van der Waals surface area contributed by atoms with Crippen LogP contribution < -0.4 is 10.6 Å². The zero-order valence-corrected chi connectivity index (χ0v) is 18.1. The van der Waals surface area contributed by atoms with Crippen molar-refractivity contribution >= 4 is 51.9 Å². The van der Waals surface area contributed by atoms with Crippen molar-refractivity contribution in [2.24, 2.45) is 0 Å². The second kappa shape index (κ2) is 9.37. The van der Waals surface area contributed by atoms with E-state index in [0.717, 1.165) is 11.1 Å². The standard InChI is InChI=1S/C23H17N5O4S/c1-14-7-9-16(22-27-21-19(32-22)6-3-11-24-21)13-18(14)25-23(33)26-20(29)10-8-15-4-2-5-17(12-15)28(30)31/h2-13H,1H3,(H2,25,26,29,33)/b10-8+. The van der Waals surface area contributed by atoms with Crippen molar-refractivity contribution in [3.05, 3.63) is 88.1 Å². The number of nitrogens with one attached hydrogen (secondary N) is 2. The van der Waals surface area contributed by atoms with Crippen LogP contribution in [0, 0.1) is 17.0 Å². The van der Waals surface area contributed by atoms with Gasteiger partial charge in [-0.2, -0.15) is 4.98 Å². The summed E-state index contributed by atoms with van der Waals surface area (Å²) < 4.78 is 5.76. The number of rotatable bonds is 5. The van der Waals surface area contributed by atoms with Crippen molar-refractivity contribution in [1.29, 1.82) is 0 Å². The van der Waals surface area contributed by atoms with E-state index in [1.165, 1.54) is 24.3 Å². The fourth-order valence-electron chi connectivity index (χ4n) is 3.00. The molecule has 9 nitrogen and oxygen atoms in total. The van der Waals surface area contributed by atoms with Crippen molar-refractivity contribution in [1.82, 2.24) is 15.3 Å². The summed E-state index contributed by atoms with van der Waals surface area (Å²) in [5.74, 6) is -0.0561. The van der Waals surface area contributed by atoms with Crippen molar-refractivity contribution < 1.29 is 14.1 Å². The van der Waals surface area contributed by atoms with Gasteiger partial charge in [0.25, 0.3) is 5.69 Å².